The molecule has 10 heteroatoms. The van der Waals surface area contributed by atoms with Gasteiger partial charge in [0.1, 0.15) is 5.69 Å². The summed E-state index contributed by atoms with van der Waals surface area (Å²) < 4.78 is 22.5. The van der Waals surface area contributed by atoms with Crippen LogP contribution >= 0.6 is 15.9 Å². The van der Waals surface area contributed by atoms with Crippen molar-refractivity contribution in [3.05, 3.63) is 32.8 Å². The van der Waals surface area contributed by atoms with E-state index >= 15 is 0 Å². The summed E-state index contributed by atoms with van der Waals surface area (Å²) in [7, 11) is -3.69. The SMILES string of the molecule is NS(=O)(=O)CC1CC(=O)N(c2cccc(Br)c2[N+](=O)[O-])C1. The van der Waals surface area contributed by atoms with Crippen LogP contribution in [0.1, 0.15) is 6.42 Å². The van der Waals surface area contributed by atoms with Gasteiger partial charge in [0, 0.05) is 18.9 Å². The van der Waals surface area contributed by atoms with Gasteiger partial charge in [0.25, 0.3) is 0 Å². The van der Waals surface area contributed by atoms with Gasteiger partial charge in [-0.1, -0.05) is 6.07 Å². The number of nitrogens with two attached hydrogens (primary N) is 1. The van der Waals surface area contributed by atoms with Crippen molar-refractivity contribution >= 4 is 43.2 Å². The zero-order chi connectivity index (χ0) is 15.8. The predicted molar refractivity (Wildman–Crippen MR) is 79.2 cm³/mol. The van der Waals surface area contributed by atoms with Crippen molar-refractivity contribution < 1.29 is 18.1 Å². The number of para-hydroxylation sites is 1. The number of sulfonamides is 1. The van der Waals surface area contributed by atoms with Crippen molar-refractivity contribution in [3.8, 4) is 0 Å². The van der Waals surface area contributed by atoms with Crippen LogP contribution in [0.2, 0.25) is 0 Å². The first kappa shape index (κ1) is 15.9. The lowest BCUT2D eigenvalue weighted by Crippen LogP contribution is -2.28. The lowest BCUT2D eigenvalue weighted by atomic mass is 10.1. The second-order valence-electron chi connectivity index (χ2n) is 4.77. The number of carbonyl (C=O) groups is 1. The van der Waals surface area contributed by atoms with Gasteiger partial charge in [-0.15, -0.1) is 0 Å². The number of benzene rings is 1. The minimum atomic E-state index is -3.69. The molecule has 1 aromatic carbocycles. The molecule has 1 unspecified atom stereocenters. The molecule has 21 heavy (non-hydrogen) atoms. The molecular weight excluding hydrogens is 366 g/mol. The van der Waals surface area contributed by atoms with Crippen molar-refractivity contribution in [2.45, 2.75) is 6.42 Å². The van der Waals surface area contributed by atoms with Crippen molar-refractivity contribution in [3.63, 3.8) is 0 Å². The van der Waals surface area contributed by atoms with Gasteiger partial charge in [0.2, 0.25) is 15.9 Å². The molecule has 114 valence electrons. The molecular formula is C11H12BrN3O5S. The number of nitrogens with zero attached hydrogens (tertiary/aromatic N) is 2. The largest absolute Gasteiger partial charge is 0.307 e. The molecule has 2 N–H and O–H groups in total. The summed E-state index contributed by atoms with van der Waals surface area (Å²) in [6.45, 7) is 0.0898. The van der Waals surface area contributed by atoms with Gasteiger partial charge in [-0.05, 0) is 28.1 Å². The van der Waals surface area contributed by atoms with Crippen LogP contribution in [-0.4, -0.2) is 31.5 Å². The average Bonchev–Trinajstić information content (AvgIpc) is 2.66. The summed E-state index contributed by atoms with van der Waals surface area (Å²) in [6, 6.07) is 4.54. The molecule has 1 saturated heterocycles. The number of hydrogen-bond acceptors (Lipinski definition) is 5. The van der Waals surface area contributed by atoms with Crippen molar-refractivity contribution in [2.24, 2.45) is 11.1 Å². The Bertz CT molecular complexity index is 706. The first-order valence-corrected chi connectivity index (χ1v) is 8.43. The molecule has 8 nitrogen and oxygen atoms in total. The highest BCUT2D eigenvalue weighted by Crippen LogP contribution is 2.38. The van der Waals surface area contributed by atoms with Gasteiger partial charge in [-0.25, -0.2) is 13.6 Å². The van der Waals surface area contributed by atoms with Crippen LogP contribution in [0.25, 0.3) is 0 Å². The van der Waals surface area contributed by atoms with Gasteiger partial charge in [0.05, 0.1) is 15.1 Å². The molecule has 0 aliphatic carbocycles. The second-order valence-corrected chi connectivity index (χ2v) is 7.28. The molecule has 0 bridgehead atoms. The number of rotatable bonds is 4. The van der Waals surface area contributed by atoms with Crippen LogP contribution in [0.4, 0.5) is 11.4 Å². The average molecular weight is 378 g/mol. The summed E-state index contributed by atoms with van der Waals surface area (Å²) in [5.41, 5.74) is -0.0709. The Balaban J connectivity index is 2.34. The number of carbonyl (C=O) groups excluding carboxylic acids is 1. The summed E-state index contributed by atoms with van der Waals surface area (Å²) in [5, 5.41) is 16.1. The fourth-order valence-corrected chi connectivity index (χ4v) is 3.74. The van der Waals surface area contributed by atoms with Crippen LogP contribution in [0, 0.1) is 16.0 Å². The summed E-state index contributed by atoms with van der Waals surface area (Å²) in [6.07, 6.45) is 0.0000968. The Morgan fingerprint density at radius 2 is 2.14 bits per heavy atom. The molecule has 1 aliphatic heterocycles. The number of halogens is 1. The Morgan fingerprint density at radius 1 is 1.48 bits per heavy atom. The van der Waals surface area contributed by atoms with Gasteiger partial charge < -0.3 is 4.90 Å². The maximum Gasteiger partial charge on any atom is 0.307 e. The molecule has 1 aliphatic rings. The van der Waals surface area contributed by atoms with E-state index in [1.54, 1.807) is 6.07 Å². The molecule has 0 radical (unpaired) electrons. The van der Waals surface area contributed by atoms with E-state index < -0.39 is 20.9 Å². The zero-order valence-electron chi connectivity index (χ0n) is 10.7. The molecule has 2 rings (SSSR count). The molecule has 1 aromatic rings. The Labute approximate surface area is 129 Å². The van der Waals surface area contributed by atoms with Crippen molar-refractivity contribution in [1.82, 2.24) is 0 Å². The fourth-order valence-electron chi connectivity index (χ4n) is 2.36. The van der Waals surface area contributed by atoms with Crippen LogP contribution in [0.3, 0.4) is 0 Å². The molecule has 1 heterocycles. The minimum absolute atomic E-state index is 0.0000968. The van der Waals surface area contributed by atoms with E-state index in [1.165, 1.54) is 17.0 Å². The molecule has 1 atom stereocenters. The third kappa shape index (κ3) is 3.57. The lowest BCUT2D eigenvalue weighted by Gasteiger charge is -2.17. The number of hydrogen-bond donors (Lipinski definition) is 1. The highest BCUT2D eigenvalue weighted by atomic mass is 79.9. The maximum atomic E-state index is 12.0. The molecule has 1 amide bonds. The predicted octanol–water partition coefficient (Wildman–Crippen LogP) is 0.999. The number of anilines is 1. The normalized spacial score (nSPS) is 19.0. The molecule has 1 fully saturated rings. The molecule has 0 aromatic heterocycles. The van der Waals surface area contributed by atoms with E-state index in [-0.39, 0.29) is 40.5 Å². The topological polar surface area (TPSA) is 124 Å². The van der Waals surface area contributed by atoms with E-state index in [1.807, 2.05) is 0 Å². The third-order valence-electron chi connectivity index (χ3n) is 3.11. The first-order valence-electron chi connectivity index (χ1n) is 5.93. The number of primary sulfonamides is 1. The molecule has 0 saturated carbocycles. The smallest absolute Gasteiger partial charge is 0.306 e. The van der Waals surface area contributed by atoms with Gasteiger partial charge in [-0.2, -0.15) is 0 Å². The molecule has 0 spiro atoms. The number of nitro benzene ring substituents is 1. The van der Waals surface area contributed by atoms with E-state index in [0.29, 0.717) is 0 Å². The maximum absolute atomic E-state index is 12.0. The summed E-state index contributed by atoms with van der Waals surface area (Å²) >= 11 is 3.08. The number of amides is 1. The second kappa shape index (κ2) is 5.70. The number of nitro groups is 1. The standard InChI is InChI=1S/C11H12BrN3O5S/c12-8-2-1-3-9(11(8)15(17)18)14-5-7(4-10(14)16)6-21(13,19)20/h1-3,7H,4-6H2,(H2,13,19,20). The Hall–Kier alpha value is -1.52. The minimum Gasteiger partial charge on any atom is -0.306 e. The Morgan fingerprint density at radius 3 is 2.71 bits per heavy atom. The van der Waals surface area contributed by atoms with Gasteiger partial charge >= 0.3 is 5.69 Å². The van der Waals surface area contributed by atoms with Crippen molar-refractivity contribution in [1.29, 1.82) is 0 Å². The van der Waals surface area contributed by atoms with E-state index in [9.17, 15) is 23.3 Å². The summed E-state index contributed by atoms with van der Waals surface area (Å²) in [5.74, 6) is -1.15. The van der Waals surface area contributed by atoms with Crippen LogP contribution < -0.4 is 10.0 Å². The zero-order valence-corrected chi connectivity index (χ0v) is 13.1. The summed E-state index contributed by atoms with van der Waals surface area (Å²) in [4.78, 5) is 23.8. The van der Waals surface area contributed by atoms with Crippen molar-refractivity contribution in [2.75, 3.05) is 17.2 Å². The first-order chi connectivity index (χ1) is 9.69. The van der Waals surface area contributed by atoms with E-state index in [4.69, 9.17) is 5.14 Å². The van der Waals surface area contributed by atoms with E-state index in [0.717, 1.165) is 0 Å². The Kier molecular flexibility index (Phi) is 4.30. The monoisotopic (exact) mass is 377 g/mol. The van der Waals surface area contributed by atoms with Crippen LogP contribution in [0.15, 0.2) is 22.7 Å². The highest BCUT2D eigenvalue weighted by molar-refractivity contribution is 9.10. The van der Waals surface area contributed by atoms with Gasteiger partial charge in [0.15, 0.2) is 0 Å². The fraction of sp³-hybridized carbons (Fsp3) is 0.364. The van der Waals surface area contributed by atoms with Gasteiger partial charge in [-0.3, -0.25) is 14.9 Å². The highest BCUT2D eigenvalue weighted by Gasteiger charge is 2.36. The third-order valence-corrected chi connectivity index (χ3v) is 4.69. The lowest BCUT2D eigenvalue weighted by molar-refractivity contribution is -0.384. The van der Waals surface area contributed by atoms with E-state index in [2.05, 4.69) is 15.9 Å². The van der Waals surface area contributed by atoms with Crippen LogP contribution in [0.5, 0.6) is 0 Å². The van der Waals surface area contributed by atoms with Crippen LogP contribution in [-0.2, 0) is 14.8 Å². The quantitative estimate of drug-likeness (QED) is 0.618.